The maximum Gasteiger partial charge on any atom is 0.416 e. The lowest BCUT2D eigenvalue weighted by molar-refractivity contribution is -0.137. The number of alkyl halides is 3. The van der Waals surface area contributed by atoms with Gasteiger partial charge in [0.15, 0.2) is 11.5 Å². The van der Waals surface area contributed by atoms with Gasteiger partial charge in [-0.2, -0.15) is 13.2 Å². The van der Waals surface area contributed by atoms with Crippen molar-refractivity contribution >= 4 is 23.0 Å². The Bertz CT molecular complexity index is 1480. The summed E-state index contributed by atoms with van der Waals surface area (Å²) in [4.78, 5) is 48.6. The van der Waals surface area contributed by atoms with Gasteiger partial charge < -0.3 is 14.7 Å². The zero-order valence-corrected chi connectivity index (χ0v) is 20.4. The fourth-order valence-electron chi connectivity index (χ4n) is 4.82. The summed E-state index contributed by atoms with van der Waals surface area (Å²) in [6.07, 6.45) is -3.18. The quantitative estimate of drug-likeness (QED) is 0.381. The maximum atomic E-state index is 13.7. The minimum absolute atomic E-state index is 0.00909. The Balaban J connectivity index is 1.63. The smallest absolute Gasteiger partial charge is 0.336 e. The topological polar surface area (TPSA) is 83.7 Å². The lowest BCUT2D eigenvalue weighted by atomic mass is 10.1. The number of fused-ring (bicyclic) bond motifs is 1. The van der Waals surface area contributed by atoms with Crippen LogP contribution in [-0.2, 0) is 11.0 Å². The van der Waals surface area contributed by atoms with Crippen LogP contribution >= 0.6 is 0 Å². The van der Waals surface area contributed by atoms with Crippen LogP contribution in [0, 0.1) is 0 Å². The average molecular weight is 532 g/mol. The van der Waals surface area contributed by atoms with Crippen LogP contribution in [0.3, 0.4) is 0 Å². The molecule has 5 rings (SSSR count). The number of likely N-dealkylation sites (N-methyl/N-ethyl adjacent to an activating group) is 1. The summed E-state index contributed by atoms with van der Waals surface area (Å²) >= 11 is 0. The second kappa shape index (κ2) is 9.39. The van der Waals surface area contributed by atoms with E-state index in [1.807, 2.05) is 7.05 Å². The van der Waals surface area contributed by atoms with Crippen molar-refractivity contribution in [3.8, 4) is 5.69 Å². The van der Waals surface area contributed by atoms with Crippen molar-refractivity contribution in [2.45, 2.75) is 12.2 Å². The number of amides is 2. The molecular formula is C25H24F4N6O3. The molecule has 0 bridgehead atoms. The van der Waals surface area contributed by atoms with Crippen LogP contribution in [-0.4, -0.2) is 86.9 Å². The number of aromatic nitrogens is 3. The molecule has 13 heteroatoms. The number of hydrogen-bond donors (Lipinski definition) is 0. The normalized spacial score (nSPS) is 17.1. The number of benzene rings is 1. The van der Waals surface area contributed by atoms with E-state index in [0.717, 1.165) is 28.8 Å². The molecule has 0 atom stereocenters. The van der Waals surface area contributed by atoms with E-state index in [9.17, 15) is 31.9 Å². The molecule has 0 spiro atoms. The molecule has 200 valence electrons. The van der Waals surface area contributed by atoms with Gasteiger partial charge in [0.1, 0.15) is 5.52 Å². The van der Waals surface area contributed by atoms with Gasteiger partial charge in [-0.05, 0) is 37.4 Å². The van der Waals surface area contributed by atoms with Gasteiger partial charge in [-0.1, -0.05) is 6.58 Å². The van der Waals surface area contributed by atoms with E-state index in [2.05, 4.69) is 16.5 Å². The second-order valence-electron chi connectivity index (χ2n) is 9.43. The van der Waals surface area contributed by atoms with Gasteiger partial charge in [-0.25, -0.2) is 18.7 Å². The third kappa shape index (κ3) is 4.36. The molecule has 0 saturated carbocycles. The van der Waals surface area contributed by atoms with Crippen molar-refractivity contribution in [1.29, 1.82) is 0 Å². The number of likely N-dealkylation sites (tertiary alicyclic amines) is 1. The highest BCUT2D eigenvalue weighted by molar-refractivity contribution is 6.04. The number of rotatable bonds is 4. The molecule has 1 aromatic carbocycles. The molecule has 0 radical (unpaired) electrons. The zero-order chi connectivity index (χ0) is 27.4. The summed E-state index contributed by atoms with van der Waals surface area (Å²) in [5.41, 5.74) is -0.875. The Morgan fingerprint density at radius 3 is 2.21 bits per heavy atom. The minimum atomic E-state index is -4.56. The number of pyridine rings is 1. The first-order valence-corrected chi connectivity index (χ1v) is 11.9. The van der Waals surface area contributed by atoms with Crippen LogP contribution in [0.2, 0.25) is 0 Å². The lowest BCUT2D eigenvalue weighted by Gasteiger charge is -2.39. The third-order valence-electron chi connectivity index (χ3n) is 6.98. The van der Waals surface area contributed by atoms with Crippen molar-refractivity contribution in [2.75, 3.05) is 46.3 Å². The van der Waals surface area contributed by atoms with Crippen LogP contribution < -0.4 is 5.69 Å². The van der Waals surface area contributed by atoms with Gasteiger partial charge in [0.2, 0.25) is 0 Å². The number of carbonyl (C=O) groups excluding carboxylic acids is 2. The van der Waals surface area contributed by atoms with E-state index in [1.165, 1.54) is 21.7 Å². The summed E-state index contributed by atoms with van der Waals surface area (Å²) in [7, 11) is 1.95. The van der Waals surface area contributed by atoms with Gasteiger partial charge in [0.05, 0.1) is 22.9 Å². The molecule has 0 unspecified atom stereocenters. The van der Waals surface area contributed by atoms with E-state index in [4.69, 9.17) is 0 Å². The third-order valence-corrected chi connectivity index (χ3v) is 6.98. The number of halogens is 4. The van der Waals surface area contributed by atoms with E-state index >= 15 is 0 Å². The number of carbonyl (C=O) groups is 2. The summed E-state index contributed by atoms with van der Waals surface area (Å²) in [5.74, 6) is -2.34. The van der Waals surface area contributed by atoms with E-state index < -0.39 is 35.2 Å². The molecule has 0 aliphatic carbocycles. The van der Waals surface area contributed by atoms with Gasteiger partial charge in [0, 0.05) is 45.5 Å². The molecule has 2 saturated heterocycles. The molecule has 2 aliphatic rings. The lowest BCUT2D eigenvalue weighted by Crippen LogP contribution is -2.53. The molecule has 3 aromatic rings. The van der Waals surface area contributed by atoms with E-state index in [1.54, 1.807) is 4.90 Å². The largest absolute Gasteiger partial charge is 0.416 e. The minimum Gasteiger partial charge on any atom is -0.336 e. The van der Waals surface area contributed by atoms with Crippen molar-refractivity contribution < 1.29 is 27.2 Å². The summed E-state index contributed by atoms with van der Waals surface area (Å²) in [5, 5.41) is 0. The van der Waals surface area contributed by atoms with Crippen molar-refractivity contribution in [3.63, 3.8) is 0 Å². The molecular weight excluding hydrogens is 508 g/mol. The molecule has 38 heavy (non-hydrogen) atoms. The average Bonchev–Trinajstić information content (AvgIpc) is 3.14. The van der Waals surface area contributed by atoms with Crippen molar-refractivity contribution in [2.24, 2.45) is 0 Å². The number of imidazole rings is 1. The Kier molecular flexibility index (Phi) is 6.33. The Labute approximate surface area is 214 Å². The SMILES string of the molecule is C=C(F)C(=O)N1CC(n2c(=O)n(-c3ccc(C(F)(F)F)cc3)c3nccc(C(=O)N4CCN(C)CC4)c32)C1. The number of hydrogen-bond acceptors (Lipinski definition) is 5. The van der Waals surface area contributed by atoms with Gasteiger partial charge >= 0.3 is 11.9 Å². The highest BCUT2D eigenvalue weighted by atomic mass is 19.4. The maximum absolute atomic E-state index is 13.7. The van der Waals surface area contributed by atoms with Gasteiger partial charge in [-0.15, -0.1) is 0 Å². The Morgan fingerprint density at radius 1 is 1.00 bits per heavy atom. The fraction of sp³-hybridized carbons (Fsp3) is 0.360. The molecule has 2 amide bonds. The predicted molar refractivity (Wildman–Crippen MR) is 130 cm³/mol. The zero-order valence-electron chi connectivity index (χ0n) is 20.4. The second-order valence-corrected chi connectivity index (χ2v) is 9.43. The Hall–Kier alpha value is -4.00. The highest BCUT2D eigenvalue weighted by Crippen LogP contribution is 2.32. The molecule has 2 aliphatic heterocycles. The first kappa shape index (κ1) is 25.6. The van der Waals surface area contributed by atoms with E-state index in [-0.39, 0.29) is 41.4 Å². The standard InChI is InChI=1S/C25H24F4N6O3/c1-15(26)22(36)33-13-18(14-33)34-20-19(23(37)32-11-9-31(2)10-12-32)7-8-30-21(20)35(24(34)38)17-5-3-16(4-6-17)25(27,28)29/h3-8,18H,1,9-14H2,2H3. The number of nitrogens with zero attached hydrogens (tertiary/aromatic N) is 6. The van der Waals surface area contributed by atoms with Crippen LogP contribution in [0.5, 0.6) is 0 Å². The van der Waals surface area contributed by atoms with Crippen LogP contribution in [0.25, 0.3) is 16.9 Å². The molecule has 0 N–H and O–H groups in total. The van der Waals surface area contributed by atoms with Crippen molar-refractivity contribution in [3.05, 3.63) is 70.5 Å². The van der Waals surface area contributed by atoms with Crippen LogP contribution in [0.1, 0.15) is 22.0 Å². The Morgan fingerprint density at radius 2 is 1.63 bits per heavy atom. The molecule has 2 fully saturated rings. The molecule has 4 heterocycles. The molecule has 2 aromatic heterocycles. The summed E-state index contributed by atoms with van der Waals surface area (Å²) < 4.78 is 55.2. The molecule has 9 nitrogen and oxygen atoms in total. The van der Waals surface area contributed by atoms with Crippen LogP contribution in [0.4, 0.5) is 17.6 Å². The van der Waals surface area contributed by atoms with Gasteiger partial charge in [-0.3, -0.25) is 14.2 Å². The highest BCUT2D eigenvalue weighted by Gasteiger charge is 2.38. The van der Waals surface area contributed by atoms with Crippen molar-refractivity contribution in [1.82, 2.24) is 28.8 Å². The van der Waals surface area contributed by atoms with E-state index in [0.29, 0.717) is 26.2 Å². The summed E-state index contributed by atoms with van der Waals surface area (Å²) in [6, 6.07) is 4.94. The first-order chi connectivity index (χ1) is 18.0. The predicted octanol–water partition coefficient (Wildman–Crippen LogP) is 2.46. The monoisotopic (exact) mass is 532 g/mol. The fourth-order valence-corrected chi connectivity index (χ4v) is 4.82. The number of piperazine rings is 1. The first-order valence-electron chi connectivity index (χ1n) is 11.9. The summed E-state index contributed by atoms with van der Waals surface area (Å²) in [6.45, 7) is 5.30. The van der Waals surface area contributed by atoms with Gasteiger partial charge in [0.25, 0.3) is 11.8 Å². The van der Waals surface area contributed by atoms with Crippen LogP contribution in [0.15, 0.2) is 53.7 Å².